The second-order valence-corrected chi connectivity index (χ2v) is 7.74. The number of nitrogens with one attached hydrogen (secondary N) is 1. The van der Waals surface area contributed by atoms with Crippen LogP contribution in [0.25, 0.3) is 0 Å². The minimum atomic E-state index is -3.78. The molecule has 8 heteroatoms. The number of nitrogens with zero attached hydrogens (tertiary/aromatic N) is 1. The molecule has 0 aromatic heterocycles. The highest BCUT2D eigenvalue weighted by Gasteiger charge is 2.34. The summed E-state index contributed by atoms with van der Waals surface area (Å²) >= 11 is 5.90. The van der Waals surface area contributed by atoms with Crippen LogP contribution in [0, 0.1) is 18.7 Å². The van der Waals surface area contributed by atoms with Crippen LogP contribution in [0.3, 0.4) is 0 Å². The van der Waals surface area contributed by atoms with Gasteiger partial charge in [0.25, 0.3) is 0 Å². The number of rotatable bonds is 4. The van der Waals surface area contributed by atoms with Gasteiger partial charge in [-0.3, -0.25) is 4.79 Å². The molecule has 1 saturated heterocycles. The highest BCUT2D eigenvalue weighted by molar-refractivity contribution is 7.89. The van der Waals surface area contributed by atoms with Crippen molar-refractivity contribution in [2.75, 3.05) is 20.1 Å². The van der Waals surface area contributed by atoms with Crippen molar-refractivity contribution in [1.82, 2.24) is 9.62 Å². The number of aryl methyl sites for hydroxylation is 1. The second-order valence-electron chi connectivity index (χ2n) is 5.43. The van der Waals surface area contributed by atoms with Crippen LogP contribution in [0.2, 0.25) is 5.02 Å². The maximum absolute atomic E-state index is 13.4. The van der Waals surface area contributed by atoms with Gasteiger partial charge in [-0.2, -0.15) is 4.31 Å². The van der Waals surface area contributed by atoms with E-state index in [1.807, 2.05) is 0 Å². The Balaban J connectivity index is 2.22. The molecule has 1 fully saturated rings. The number of sulfonamides is 1. The maximum atomic E-state index is 13.4. The van der Waals surface area contributed by atoms with Crippen molar-refractivity contribution in [3.63, 3.8) is 0 Å². The van der Waals surface area contributed by atoms with Gasteiger partial charge < -0.3 is 5.32 Å². The van der Waals surface area contributed by atoms with Crippen LogP contribution in [0.5, 0.6) is 0 Å². The summed E-state index contributed by atoms with van der Waals surface area (Å²) in [7, 11) is -2.23. The van der Waals surface area contributed by atoms with Crippen LogP contribution in [0.15, 0.2) is 17.0 Å². The lowest BCUT2D eigenvalue weighted by Crippen LogP contribution is -2.30. The molecule has 0 radical (unpaired) electrons. The molecule has 1 aromatic rings. The Hall–Kier alpha value is -1.18. The molecule has 1 atom stereocenters. The molecule has 0 spiro atoms. The average Bonchev–Trinajstić information content (AvgIpc) is 2.91. The molecule has 1 amide bonds. The van der Waals surface area contributed by atoms with Gasteiger partial charge in [-0.1, -0.05) is 11.6 Å². The zero-order valence-corrected chi connectivity index (χ0v) is 14.0. The summed E-state index contributed by atoms with van der Waals surface area (Å²) in [6.45, 7) is 2.09. The van der Waals surface area contributed by atoms with Crippen molar-refractivity contribution in [3.05, 3.63) is 28.5 Å². The summed E-state index contributed by atoms with van der Waals surface area (Å²) in [5, 5.41) is 2.40. The lowest BCUT2D eigenvalue weighted by atomic mass is 10.1. The second kappa shape index (κ2) is 6.52. The first-order chi connectivity index (χ1) is 10.3. The van der Waals surface area contributed by atoms with E-state index in [0.29, 0.717) is 19.4 Å². The molecule has 1 unspecified atom stereocenters. The van der Waals surface area contributed by atoms with E-state index in [4.69, 9.17) is 11.6 Å². The third-order valence-electron chi connectivity index (χ3n) is 3.83. The Labute approximate surface area is 134 Å². The molecule has 1 N–H and O–H groups in total. The number of amides is 1. The molecular weight excluding hydrogens is 331 g/mol. The molecule has 1 aliphatic heterocycles. The Morgan fingerprint density at radius 1 is 1.50 bits per heavy atom. The molecule has 1 heterocycles. The van der Waals surface area contributed by atoms with E-state index in [-0.39, 0.29) is 33.9 Å². The van der Waals surface area contributed by atoms with Crippen LogP contribution in [0.4, 0.5) is 4.39 Å². The number of carbonyl (C=O) groups is 1. The molecular formula is C14H18ClFN2O3S. The standard InChI is InChI=1S/C14H18ClFN2O3S/c1-9-5-13(11(15)7-12(9)16)22(20,21)18-4-3-10(8-18)6-14(19)17-2/h5,7,10H,3-4,6,8H2,1-2H3,(H,17,19). The topological polar surface area (TPSA) is 66.5 Å². The minimum absolute atomic E-state index is 0.0185. The van der Waals surface area contributed by atoms with Crippen molar-refractivity contribution in [1.29, 1.82) is 0 Å². The van der Waals surface area contributed by atoms with Gasteiger partial charge in [-0.25, -0.2) is 12.8 Å². The number of hydrogen-bond acceptors (Lipinski definition) is 3. The first-order valence-electron chi connectivity index (χ1n) is 6.92. The van der Waals surface area contributed by atoms with Gasteiger partial charge in [0.1, 0.15) is 10.7 Å². The van der Waals surface area contributed by atoms with E-state index in [2.05, 4.69) is 5.32 Å². The summed E-state index contributed by atoms with van der Waals surface area (Å²) in [6.07, 6.45) is 0.906. The first kappa shape index (κ1) is 17.2. The third kappa shape index (κ3) is 3.42. The van der Waals surface area contributed by atoms with Crippen molar-refractivity contribution < 1.29 is 17.6 Å². The van der Waals surface area contributed by atoms with Crippen LogP contribution >= 0.6 is 11.6 Å². The van der Waals surface area contributed by atoms with Crippen LogP contribution < -0.4 is 5.32 Å². The average molecular weight is 349 g/mol. The predicted molar refractivity (Wildman–Crippen MR) is 81.7 cm³/mol. The van der Waals surface area contributed by atoms with E-state index in [0.717, 1.165) is 6.07 Å². The van der Waals surface area contributed by atoms with E-state index in [1.54, 1.807) is 7.05 Å². The molecule has 1 aliphatic rings. The summed E-state index contributed by atoms with van der Waals surface area (Å²) in [5.74, 6) is -0.669. The van der Waals surface area contributed by atoms with E-state index in [9.17, 15) is 17.6 Å². The monoisotopic (exact) mass is 348 g/mol. The Morgan fingerprint density at radius 2 is 2.18 bits per heavy atom. The maximum Gasteiger partial charge on any atom is 0.244 e. The molecule has 22 heavy (non-hydrogen) atoms. The van der Waals surface area contributed by atoms with Crippen LogP contribution in [-0.2, 0) is 14.8 Å². The third-order valence-corrected chi connectivity index (χ3v) is 6.16. The van der Waals surface area contributed by atoms with Crippen LogP contribution in [0.1, 0.15) is 18.4 Å². The Kier molecular flexibility index (Phi) is 5.09. The first-order valence-corrected chi connectivity index (χ1v) is 8.74. The summed E-state index contributed by atoms with van der Waals surface area (Å²) in [4.78, 5) is 11.3. The van der Waals surface area contributed by atoms with Gasteiger partial charge in [0, 0.05) is 26.6 Å². The Bertz CT molecular complexity index is 694. The molecule has 2 rings (SSSR count). The smallest absolute Gasteiger partial charge is 0.244 e. The molecule has 0 bridgehead atoms. The fraction of sp³-hybridized carbons (Fsp3) is 0.500. The zero-order chi connectivity index (χ0) is 16.5. The van der Waals surface area contributed by atoms with Gasteiger partial charge in [0.15, 0.2) is 0 Å². The highest BCUT2D eigenvalue weighted by Crippen LogP contribution is 2.31. The van der Waals surface area contributed by atoms with Gasteiger partial charge in [0.2, 0.25) is 15.9 Å². The zero-order valence-electron chi connectivity index (χ0n) is 12.4. The molecule has 1 aromatic carbocycles. The SMILES string of the molecule is CNC(=O)CC1CCN(S(=O)(=O)c2cc(C)c(F)cc2Cl)C1. The summed E-state index contributed by atoms with van der Waals surface area (Å²) in [6, 6.07) is 2.26. The fourth-order valence-electron chi connectivity index (χ4n) is 2.51. The minimum Gasteiger partial charge on any atom is -0.359 e. The van der Waals surface area contributed by atoms with E-state index < -0.39 is 15.8 Å². The van der Waals surface area contributed by atoms with Crippen molar-refractivity contribution in [3.8, 4) is 0 Å². The largest absolute Gasteiger partial charge is 0.359 e. The number of benzene rings is 1. The normalized spacial score (nSPS) is 19.4. The van der Waals surface area contributed by atoms with E-state index in [1.165, 1.54) is 17.3 Å². The molecule has 5 nitrogen and oxygen atoms in total. The Morgan fingerprint density at radius 3 is 2.82 bits per heavy atom. The van der Waals surface area contributed by atoms with Gasteiger partial charge in [0.05, 0.1) is 5.02 Å². The van der Waals surface area contributed by atoms with Crippen molar-refractivity contribution in [2.24, 2.45) is 5.92 Å². The summed E-state index contributed by atoms with van der Waals surface area (Å²) < 4.78 is 40.0. The summed E-state index contributed by atoms with van der Waals surface area (Å²) in [5.41, 5.74) is 0.226. The van der Waals surface area contributed by atoms with Gasteiger partial charge in [-0.05, 0) is 37.0 Å². The molecule has 122 valence electrons. The number of halogens is 2. The highest BCUT2D eigenvalue weighted by atomic mass is 35.5. The lowest BCUT2D eigenvalue weighted by molar-refractivity contribution is -0.121. The molecule has 0 saturated carbocycles. The lowest BCUT2D eigenvalue weighted by Gasteiger charge is -2.18. The van der Waals surface area contributed by atoms with Crippen LogP contribution in [-0.4, -0.2) is 38.8 Å². The number of carbonyl (C=O) groups excluding carboxylic acids is 1. The predicted octanol–water partition coefficient (Wildman–Crippen LogP) is 1.93. The van der Waals surface area contributed by atoms with E-state index >= 15 is 0 Å². The number of hydrogen-bond donors (Lipinski definition) is 1. The fourth-order valence-corrected chi connectivity index (χ4v) is 4.62. The van der Waals surface area contributed by atoms with Gasteiger partial charge in [-0.15, -0.1) is 0 Å². The van der Waals surface area contributed by atoms with Gasteiger partial charge >= 0.3 is 0 Å². The van der Waals surface area contributed by atoms with Crippen molar-refractivity contribution >= 4 is 27.5 Å². The molecule has 0 aliphatic carbocycles. The quantitative estimate of drug-likeness (QED) is 0.904. The van der Waals surface area contributed by atoms with Crippen molar-refractivity contribution in [2.45, 2.75) is 24.7 Å².